The Bertz CT molecular complexity index is 437. The minimum atomic E-state index is -0.0560. The van der Waals surface area contributed by atoms with Crippen LogP contribution in [0.1, 0.15) is 16.3 Å². The molecule has 0 spiro atoms. The minimum Gasteiger partial charge on any atom is -0.390 e. The maximum Gasteiger partial charge on any atom is 0.108 e. The Labute approximate surface area is 91.4 Å². The van der Waals surface area contributed by atoms with Crippen molar-refractivity contribution in [3.05, 3.63) is 28.0 Å². The minimum absolute atomic E-state index is 0.0560. The van der Waals surface area contributed by atoms with Crippen LogP contribution >= 0.6 is 11.3 Å². The first kappa shape index (κ1) is 10.3. The van der Waals surface area contributed by atoms with Gasteiger partial charge in [-0.1, -0.05) is 5.21 Å². The first-order chi connectivity index (χ1) is 7.29. The van der Waals surface area contributed by atoms with Gasteiger partial charge in [-0.05, 0) is 6.92 Å². The van der Waals surface area contributed by atoms with Crippen molar-refractivity contribution < 1.29 is 5.11 Å². The van der Waals surface area contributed by atoms with Crippen LogP contribution in [0, 0.1) is 6.92 Å². The highest BCUT2D eigenvalue weighted by atomic mass is 32.1. The monoisotopic (exact) mass is 224 g/mol. The zero-order chi connectivity index (χ0) is 10.7. The molecule has 0 aromatic carbocycles. The lowest BCUT2D eigenvalue weighted by Crippen LogP contribution is -2.01. The van der Waals surface area contributed by atoms with Crippen molar-refractivity contribution in [2.75, 3.05) is 0 Å². The molecular formula is C9H12N4OS. The third kappa shape index (κ3) is 2.40. The summed E-state index contributed by atoms with van der Waals surface area (Å²) < 4.78 is 1.74. The summed E-state index contributed by atoms with van der Waals surface area (Å²) in [6, 6.07) is 0. The van der Waals surface area contributed by atoms with Gasteiger partial charge in [0.1, 0.15) is 5.69 Å². The van der Waals surface area contributed by atoms with Crippen molar-refractivity contribution in [3.8, 4) is 0 Å². The van der Waals surface area contributed by atoms with Gasteiger partial charge >= 0.3 is 0 Å². The fourth-order valence-corrected chi connectivity index (χ4v) is 2.07. The highest BCUT2D eigenvalue weighted by molar-refractivity contribution is 7.09. The number of aryl methyl sites for hydroxylation is 3. The number of hydrogen-bond donors (Lipinski definition) is 1. The van der Waals surface area contributed by atoms with Crippen molar-refractivity contribution in [2.24, 2.45) is 0 Å². The van der Waals surface area contributed by atoms with Crippen molar-refractivity contribution in [1.82, 2.24) is 20.0 Å². The van der Waals surface area contributed by atoms with Gasteiger partial charge in [0.25, 0.3) is 0 Å². The van der Waals surface area contributed by atoms with Gasteiger partial charge in [0.2, 0.25) is 0 Å². The lowest BCUT2D eigenvalue weighted by atomic mass is 10.3. The molecule has 0 saturated heterocycles. The molecule has 2 heterocycles. The molecule has 80 valence electrons. The van der Waals surface area contributed by atoms with Crippen molar-refractivity contribution in [2.45, 2.75) is 26.5 Å². The van der Waals surface area contributed by atoms with Crippen LogP contribution in [0.2, 0.25) is 0 Å². The molecule has 0 fully saturated rings. The van der Waals surface area contributed by atoms with Gasteiger partial charge in [0, 0.05) is 17.8 Å². The largest absolute Gasteiger partial charge is 0.390 e. The van der Waals surface area contributed by atoms with Crippen LogP contribution in [0.15, 0.2) is 11.7 Å². The van der Waals surface area contributed by atoms with E-state index in [9.17, 15) is 0 Å². The highest BCUT2D eigenvalue weighted by Crippen LogP contribution is 2.13. The zero-order valence-electron chi connectivity index (χ0n) is 8.42. The number of aliphatic hydroxyl groups is 1. The van der Waals surface area contributed by atoms with Gasteiger partial charge in [-0.3, -0.25) is 4.68 Å². The fourth-order valence-electron chi connectivity index (χ4n) is 1.30. The van der Waals surface area contributed by atoms with E-state index in [1.165, 1.54) is 4.88 Å². The van der Waals surface area contributed by atoms with Gasteiger partial charge in [-0.25, -0.2) is 4.98 Å². The molecule has 0 bridgehead atoms. The van der Waals surface area contributed by atoms with E-state index < -0.39 is 0 Å². The Morgan fingerprint density at radius 3 is 3.00 bits per heavy atom. The van der Waals surface area contributed by atoms with E-state index in [0.717, 1.165) is 18.7 Å². The molecule has 0 aliphatic rings. The van der Waals surface area contributed by atoms with Crippen LogP contribution in [0.3, 0.4) is 0 Å². The van der Waals surface area contributed by atoms with E-state index in [1.807, 2.05) is 12.4 Å². The van der Waals surface area contributed by atoms with Crippen molar-refractivity contribution in [3.63, 3.8) is 0 Å². The van der Waals surface area contributed by atoms with Gasteiger partial charge in [-0.2, -0.15) is 0 Å². The summed E-state index contributed by atoms with van der Waals surface area (Å²) in [5.74, 6) is 0. The van der Waals surface area contributed by atoms with Gasteiger partial charge in [0.15, 0.2) is 0 Å². The van der Waals surface area contributed by atoms with Crippen LogP contribution in [-0.4, -0.2) is 25.1 Å². The number of aliphatic hydroxyl groups excluding tert-OH is 1. The molecule has 0 aliphatic carbocycles. The maximum atomic E-state index is 8.82. The topological polar surface area (TPSA) is 63.8 Å². The lowest BCUT2D eigenvalue weighted by molar-refractivity contribution is 0.276. The molecule has 0 radical (unpaired) electrons. The fraction of sp³-hybridized carbons (Fsp3) is 0.444. The Morgan fingerprint density at radius 1 is 1.53 bits per heavy atom. The Hall–Kier alpha value is -1.27. The summed E-state index contributed by atoms with van der Waals surface area (Å²) in [5, 5.41) is 16.5. The van der Waals surface area contributed by atoms with Crippen LogP contribution < -0.4 is 0 Å². The normalized spacial score (nSPS) is 10.8. The SMILES string of the molecule is Cc1ncsc1CCn1cc(CO)nn1. The predicted molar refractivity (Wildman–Crippen MR) is 56.5 cm³/mol. The second kappa shape index (κ2) is 4.50. The first-order valence-corrected chi connectivity index (χ1v) is 5.56. The average molecular weight is 224 g/mol. The maximum absolute atomic E-state index is 8.82. The molecule has 0 unspecified atom stereocenters. The Morgan fingerprint density at radius 2 is 2.40 bits per heavy atom. The van der Waals surface area contributed by atoms with Crippen LogP contribution in [0.5, 0.6) is 0 Å². The van der Waals surface area contributed by atoms with Gasteiger partial charge in [0.05, 0.1) is 24.0 Å². The standard InChI is InChI=1S/C9H12N4OS/c1-7-9(15-6-10-7)2-3-13-4-8(5-14)11-12-13/h4,6,14H,2-3,5H2,1H3. The second-order valence-corrected chi connectivity index (χ2v) is 4.18. The molecule has 0 saturated carbocycles. The molecule has 6 heteroatoms. The van der Waals surface area contributed by atoms with E-state index >= 15 is 0 Å². The summed E-state index contributed by atoms with van der Waals surface area (Å²) in [7, 11) is 0. The summed E-state index contributed by atoms with van der Waals surface area (Å²) in [6.45, 7) is 2.72. The third-order valence-electron chi connectivity index (χ3n) is 2.16. The molecule has 2 aromatic heterocycles. The van der Waals surface area contributed by atoms with Crippen molar-refractivity contribution in [1.29, 1.82) is 0 Å². The molecule has 0 aliphatic heterocycles. The molecule has 0 atom stereocenters. The van der Waals surface area contributed by atoms with E-state index in [2.05, 4.69) is 15.3 Å². The third-order valence-corrected chi connectivity index (χ3v) is 3.16. The molecular weight excluding hydrogens is 212 g/mol. The van der Waals surface area contributed by atoms with Crippen LogP contribution in [-0.2, 0) is 19.6 Å². The average Bonchev–Trinajstić information content (AvgIpc) is 2.84. The number of thiazole rings is 1. The van der Waals surface area contributed by atoms with Crippen LogP contribution in [0.4, 0.5) is 0 Å². The Kier molecular flexibility index (Phi) is 3.08. The lowest BCUT2D eigenvalue weighted by Gasteiger charge is -1.98. The predicted octanol–water partition coefficient (Wildman–Crippen LogP) is 0.778. The van der Waals surface area contributed by atoms with Gasteiger partial charge in [-0.15, -0.1) is 16.4 Å². The van der Waals surface area contributed by atoms with E-state index in [0.29, 0.717) is 5.69 Å². The molecule has 0 amide bonds. The number of aromatic nitrogens is 4. The quantitative estimate of drug-likeness (QED) is 0.833. The molecule has 5 nitrogen and oxygen atoms in total. The van der Waals surface area contributed by atoms with E-state index in [1.54, 1.807) is 22.2 Å². The van der Waals surface area contributed by atoms with Crippen LogP contribution in [0.25, 0.3) is 0 Å². The number of rotatable bonds is 4. The smallest absolute Gasteiger partial charge is 0.108 e. The summed E-state index contributed by atoms with van der Waals surface area (Å²) in [4.78, 5) is 5.46. The molecule has 2 rings (SSSR count). The summed E-state index contributed by atoms with van der Waals surface area (Å²) >= 11 is 1.66. The van der Waals surface area contributed by atoms with Crippen molar-refractivity contribution >= 4 is 11.3 Å². The first-order valence-electron chi connectivity index (χ1n) is 4.68. The Balaban J connectivity index is 1.96. The van der Waals surface area contributed by atoms with E-state index in [4.69, 9.17) is 5.11 Å². The van der Waals surface area contributed by atoms with E-state index in [-0.39, 0.29) is 6.61 Å². The number of nitrogens with zero attached hydrogens (tertiary/aromatic N) is 4. The van der Waals surface area contributed by atoms with Gasteiger partial charge < -0.3 is 5.11 Å². The molecule has 15 heavy (non-hydrogen) atoms. The molecule has 1 N–H and O–H groups in total. The number of hydrogen-bond acceptors (Lipinski definition) is 5. The highest BCUT2D eigenvalue weighted by Gasteiger charge is 2.03. The summed E-state index contributed by atoms with van der Waals surface area (Å²) in [5.41, 5.74) is 3.55. The second-order valence-electron chi connectivity index (χ2n) is 3.24. The zero-order valence-corrected chi connectivity index (χ0v) is 9.24. The summed E-state index contributed by atoms with van der Waals surface area (Å²) in [6.07, 6.45) is 2.67. The molecule has 2 aromatic rings.